The molecule has 0 aliphatic carbocycles. The van der Waals surface area contributed by atoms with Crippen LogP contribution in [0.15, 0.2) is 58.3 Å². The van der Waals surface area contributed by atoms with Gasteiger partial charge in [0.2, 0.25) is 26.0 Å². The first-order valence-electron chi connectivity index (χ1n) is 10.4. The lowest BCUT2D eigenvalue weighted by Crippen LogP contribution is -2.41. The molecule has 1 amide bonds. The van der Waals surface area contributed by atoms with Gasteiger partial charge in [-0.3, -0.25) is 9.10 Å². The zero-order chi connectivity index (χ0) is 24.8. The van der Waals surface area contributed by atoms with E-state index in [1.807, 2.05) is 12.1 Å². The van der Waals surface area contributed by atoms with E-state index in [0.29, 0.717) is 30.5 Å². The lowest BCUT2D eigenvalue weighted by molar-refractivity contribution is -0.119. The summed E-state index contributed by atoms with van der Waals surface area (Å²) in [6, 6.07) is 12.8. The number of carbonyl (C=O) groups excluding carboxylic acids is 1. The third-order valence-electron chi connectivity index (χ3n) is 4.93. The summed E-state index contributed by atoms with van der Waals surface area (Å²) in [6.07, 6.45) is 0.995. The Hall–Kier alpha value is -1.83. The molecular formula is C21H26ClN3O6S3. The molecule has 1 aliphatic heterocycles. The van der Waals surface area contributed by atoms with Gasteiger partial charge in [-0.1, -0.05) is 11.6 Å². The van der Waals surface area contributed by atoms with Crippen molar-refractivity contribution in [3.8, 4) is 0 Å². The number of sulfonamides is 2. The van der Waals surface area contributed by atoms with E-state index in [2.05, 4.69) is 5.32 Å². The number of anilines is 1. The van der Waals surface area contributed by atoms with Gasteiger partial charge in [0.15, 0.2) is 0 Å². The smallest absolute Gasteiger partial charge is 0.243 e. The number of thioether (sulfide) groups is 1. The van der Waals surface area contributed by atoms with Gasteiger partial charge in [0.05, 0.1) is 30.1 Å². The molecule has 1 aliphatic rings. The first kappa shape index (κ1) is 26.8. The van der Waals surface area contributed by atoms with E-state index in [1.165, 1.54) is 40.3 Å². The fourth-order valence-corrected chi connectivity index (χ4v) is 6.36. The summed E-state index contributed by atoms with van der Waals surface area (Å²) in [4.78, 5) is 13.5. The Morgan fingerprint density at radius 1 is 1.06 bits per heavy atom. The van der Waals surface area contributed by atoms with Crippen LogP contribution < -0.4 is 9.62 Å². The van der Waals surface area contributed by atoms with Gasteiger partial charge in [0.25, 0.3) is 0 Å². The average molecular weight is 548 g/mol. The number of nitrogens with one attached hydrogen (secondary N) is 1. The summed E-state index contributed by atoms with van der Waals surface area (Å²) in [5.74, 6) is 0.132. The first-order chi connectivity index (χ1) is 16.1. The summed E-state index contributed by atoms with van der Waals surface area (Å²) < 4.78 is 57.7. The van der Waals surface area contributed by atoms with E-state index < -0.39 is 32.5 Å². The van der Waals surface area contributed by atoms with Gasteiger partial charge in [-0.05, 0) is 48.5 Å². The highest BCUT2D eigenvalue weighted by Gasteiger charge is 2.27. The normalized spacial score (nSPS) is 15.1. The second kappa shape index (κ2) is 11.7. The van der Waals surface area contributed by atoms with Crippen molar-refractivity contribution in [1.29, 1.82) is 0 Å². The second-order valence-electron chi connectivity index (χ2n) is 7.43. The average Bonchev–Trinajstić information content (AvgIpc) is 2.81. The number of benzene rings is 2. The maximum absolute atomic E-state index is 12.8. The van der Waals surface area contributed by atoms with Crippen molar-refractivity contribution in [2.24, 2.45) is 0 Å². The molecule has 0 atom stereocenters. The summed E-state index contributed by atoms with van der Waals surface area (Å²) in [7, 11) is -7.49. The first-order valence-corrected chi connectivity index (χ1v) is 15.0. The number of rotatable bonds is 10. The van der Waals surface area contributed by atoms with Crippen LogP contribution in [0.4, 0.5) is 5.69 Å². The minimum absolute atomic E-state index is 0.0512. The highest BCUT2D eigenvalue weighted by atomic mass is 35.5. The van der Waals surface area contributed by atoms with Crippen LogP contribution in [0.3, 0.4) is 0 Å². The number of ether oxygens (including phenoxy) is 1. The molecule has 34 heavy (non-hydrogen) atoms. The minimum atomic E-state index is -3.78. The van der Waals surface area contributed by atoms with Crippen LogP contribution in [-0.4, -0.2) is 78.4 Å². The molecule has 1 fully saturated rings. The van der Waals surface area contributed by atoms with Gasteiger partial charge in [0.1, 0.15) is 6.54 Å². The van der Waals surface area contributed by atoms with Crippen LogP contribution in [0.1, 0.15) is 0 Å². The molecular weight excluding hydrogens is 522 g/mol. The Bertz CT molecular complexity index is 1180. The van der Waals surface area contributed by atoms with Crippen molar-refractivity contribution in [1.82, 2.24) is 9.62 Å². The lowest BCUT2D eigenvalue weighted by Gasteiger charge is -2.26. The maximum Gasteiger partial charge on any atom is 0.243 e. The predicted molar refractivity (Wildman–Crippen MR) is 133 cm³/mol. The van der Waals surface area contributed by atoms with E-state index in [-0.39, 0.29) is 23.7 Å². The van der Waals surface area contributed by atoms with Gasteiger partial charge >= 0.3 is 0 Å². The molecule has 3 rings (SSSR count). The van der Waals surface area contributed by atoms with E-state index in [0.717, 1.165) is 15.5 Å². The topological polar surface area (TPSA) is 113 Å². The Morgan fingerprint density at radius 2 is 1.68 bits per heavy atom. The Labute approximate surface area is 209 Å². The molecule has 0 saturated carbocycles. The molecule has 186 valence electrons. The standard InChI is InChI=1S/C21H26ClN3O6S3/c1-33(27,28)25(16-21(26)23-10-15-32-19-6-2-17(22)3-7-19)18-4-8-20(9-5-18)34(29,30)24-11-13-31-14-12-24/h2-9H,10-16H2,1H3,(H,23,26). The summed E-state index contributed by atoms with van der Waals surface area (Å²) >= 11 is 7.39. The van der Waals surface area contributed by atoms with E-state index in [4.69, 9.17) is 16.3 Å². The van der Waals surface area contributed by atoms with Crippen LogP contribution in [0.2, 0.25) is 5.02 Å². The highest BCUT2D eigenvalue weighted by Crippen LogP contribution is 2.23. The second-order valence-corrected chi connectivity index (χ2v) is 12.9. The zero-order valence-electron chi connectivity index (χ0n) is 18.5. The van der Waals surface area contributed by atoms with Crippen LogP contribution in [0.25, 0.3) is 0 Å². The molecule has 9 nitrogen and oxygen atoms in total. The fourth-order valence-electron chi connectivity index (χ4n) is 3.20. The van der Waals surface area contributed by atoms with E-state index >= 15 is 0 Å². The van der Waals surface area contributed by atoms with Gasteiger partial charge < -0.3 is 10.1 Å². The number of halogens is 1. The summed E-state index contributed by atoms with van der Waals surface area (Å²) in [6.45, 7) is 1.10. The number of hydrogen-bond donors (Lipinski definition) is 1. The molecule has 0 bridgehead atoms. The molecule has 1 N–H and O–H groups in total. The van der Waals surface area contributed by atoms with Crippen LogP contribution in [-0.2, 0) is 29.6 Å². The number of nitrogens with zero attached hydrogens (tertiary/aromatic N) is 2. The molecule has 0 spiro atoms. The van der Waals surface area contributed by atoms with Crippen molar-refractivity contribution in [2.75, 3.05) is 55.7 Å². The van der Waals surface area contributed by atoms with Gasteiger partial charge in [-0.15, -0.1) is 11.8 Å². The predicted octanol–water partition coefficient (Wildman–Crippen LogP) is 2.04. The van der Waals surface area contributed by atoms with Gasteiger partial charge in [-0.2, -0.15) is 4.31 Å². The molecule has 2 aromatic rings. The van der Waals surface area contributed by atoms with Gasteiger partial charge in [0, 0.05) is 35.3 Å². The minimum Gasteiger partial charge on any atom is -0.379 e. The highest BCUT2D eigenvalue weighted by molar-refractivity contribution is 7.99. The lowest BCUT2D eigenvalue weighted by atomic mass is 10.3. The molecule has 2 aromatic carbocycles. The molecule has 0 unspecified atom stereocenters. The Balaban J connectivity index is 1.60. The molecule has 1 saturated heterocycles. The molecule has 13 heteroatoms. The Morgan fingerprint density at radius 3 is 2.26 bits per heavy atom. The van der Waals surface area contributed by atoms with Crippen LogP contribution in [0, 0.1) is 0 Å². The number of carbonyl (C=O) groups is 1. The maximum atomic E-state index is 12.8. The van der Waals surface area contributed by atoms with Crippen molar-refractivity contribution in [3.63, 3.8) is 0 Å². The largest absolute Gasteiger partial charge is 0.379 e. The molecule has 1 heterocycles. The molecule has 0 radical (unpaired) electrons. The fraction of sp³-hybridized carbons (Fsp3) is 0.381. The van der Waals surface area contributed by atoms with E-state index in [9.17, 15) is 21.6 Å². The van der Waals surface area contributed by atoms with Crippen LogP contribution in [0.5, 0.6) is 0 Å². The SMILES string of the molecule is CS(=O)(=O)N(CC(=O)NCCSc1ccc(Cl)cc1)c1ccc(S(=O)(=O)N2CCOCC2)cc1. The Kier molecular flexibility index (Phi) is 9.24. The summed E-state index contributed by atoms with van der Waals surface area (Å²) in [5.41, 5.74) is 0.203. The van der Waals surface area contributed by atoms with Crippen molar-refractivity contribution in [2.45, 2.75) is 9.79 Å². The number of morpholine rings is 1. The number of hydrogen-bond acceptors (Lipinski definition) is 7. The van der Waals surface area contributed by atoms with E-state index in [1.54, 1.807) is 12.1 Å². The molecule has 0 aromatic heterocycles. The summed E-state index contributed by atoms with van der Waals surface area (Å²) in [5, 5.41) is 3.35. The van der Waals surface area contributed by atoms with Crippen molar-refractivity contribution in [3.05, 3.63) is 53.6 Å². The third-order valence-corrected chi connectivity index (χ3v) is 9.25. The van der Waals surface area contributed by atoms with Crippen molar-refractivity contribution >= 4 is 55.0 Å². The van der Waals surface area contributed by atoms with Crippen molar-refractivity contribution < 1.29 is 26.4 Å². The zero-order valence-corrected chi connectivity index (χ0v) is 21.7. The monoisotopic (exact) mass is 547 g/mol. The van der Waals surface area contributed by atoms with Crippen LogP contribution >= 0.6 is 23.4 Å². The third kappa shape index (κ3) is 7.33. The number of amides is 1. The quantitative estimate of drug-likeness (QED) is 0.358. The van der Waals surface area contributed by atoms with Gasteiger partial charge in [-0.25, -0.2) is 16.8 Å².